The number of carbonyl (C=O) groups excluding carboxylic acids is 1. The summed E-state index contributed by atoms with van der Waals surface area (Å²) in [5.74, 6) is 0. The Morgan fingerprint density at radius 1 is 1.30 bits per heavy atom. The van der Waals surface area contributed by atoms with Crippen molar-refractivity contribution in [2.24, 2.45) is 0 Å². The van der Waals surface area contributed by atoms with Crippen LogP contribution in [0.25, 0.3) is 5.69 Å². The van der Waals surface area contributed by atoms with Gasteiger partial charge in [-0.05, 0) is 37.0 Å². The molecule has 2 amide bonds. The molecule has 0 saturated carbocycles. The summed E-state index contributed by atoms with van der Waals surface area (Å²) < 4.78 is 7.11. The van der Waals surface area contributed by atoms with Crippen LogP contribution in [-0.2, 0) is 11.2 Å². The molecule has 0 radical (unpaired) electrons. The van der Waals surface area contributed by atoms with Gasteiger partial charge in [-0.1, -0.05) is 13.0 Å². The molecule has 1 aliphatic rings. The number of ether oxygens (including phenoxy) is 1. The van der Waals surface area contributed by atoms with E-state index in [-0.39, 0.29) is 12.1 Å². The smallest absolute Gasteiger partial charge is 0.319 e. The number of nitrogens with one attached hydrogen (secondary N) is 2. The second kappa shape index (κ2) is 7.23. The quantitative estimate of drug-likeness (QED) is 0.905. The number of hydrogen-bond acceptors (Lipinski definition) is 4. The number of benzene rings is 1. The zero-order chi connectivity index (χ0) is 16.1. The molecule has 2 aromatic rings. The third-order valence-corrected chi connectivity index (χ3v) is 4.00. The molecule has 1 aliphatic heterocycles. The molecule has 23 heavy (non-hydrogen) atoms. The molecule has 0 spiro atoms. The Morgan fingerprint density at radius 3 is 2.74 bits per heavy atom. The SMILES string of the molecule is CCc1ccc(-n2cnnc2)cc1NC(=O)NC1CCOCC1. The van der Waals surface area contributed by atoms with Gasteiger partial charge in [0.05, 0.1) is 5.69 Å². The molecule has 1 aromatic heterocycles. The van der Waals surface area contributed by atoms with E-state index in [1.165, 1.54) is 0 Å². The molecule has 0 unspecified atom stereocenters. The van der Waals surface area contributed by atoms with Crippen molar-refractivity contribution in [2.45, 2.75) is 32.2 Å². The summed E-state index contributed by atoms with van der Waals surface area (Å²) >= 11 is 0. The van der Waals surface area contributed by atoms with E-state index in [2.05, 4.69) is 27.8 Å². The van der Waals surface area contributed by atoms with Crippen molar-refractivity contribution in [1.29, 1.82) is 0 Å². The van der Waals surface area contributed by atoms with Crippen molar-refractivity contribution in [2.75, 3.05) is 18.5 Å². The highest BCUT2D eigenvalue weighted by atomic mass is 16.5. The maximum atomic E-state index is 12.3. The molecule has 0 bridgehead atoms. The largest absolute Gasteiger partial charge is 0.381 e. The van der Waals surface area contributed by atoms with Gasteiger partial charge >= 0.3 is 6.03 Å². The monoisotopic (exact) mass is 315 g/mol. The van der Waals surface area contributed by atoms with Crippen molar-refractivity contribution < 1.29 is 9.53 Å². The topological polar surface area (TPSA) is 81.1 Å². The minimum absolute atomic E-state index is 0.174. The van der Waals surface area contributed by atoms with Gasteiger partial charge in [0.1, 0.15) is 12.7 Å². The minimum atomic E-state index is -0.174. The first-order valence-electron chi connectivity index (χ1n) is 7.89. The van der Waals surface area contributed by atoms with Crippen molar-refractivity contribution in [1.82, 2.24) is 20.1 Å². The molecule has 122 valence electrons. The second-order valence-electron chi connectivity index (χ2n) is 5.55. The van der Waals surface area contributed by atoms with Crippen molar-refractivity contribution in [3.63, 3.8) is 0 Å². The van der Waals surface area contributed by atoms with Crippen LogP contribution in [0, 0.1) is 0 Å². The summed E-state index contributed by atoms with van der Waals surface area (Å²) in [5, 5.41) is 13.6. The Labute approximate surface area is 135 Å². The number of urea groups is 1. The first-order chi connectivity index (χ1) is 11.3. The highest BCUT2D eigenvalue weighted by Gasteiger charge is 2.16. The van der Waals surface area contributed by atoms with Crippen LogP contribution < -0.4 is 10.6 Å². The number of nitrogens with zero attached hydrogens (tertiary/aromatic N) is 3. The van der Waals surface area contributed by atoms with Crippen LogP contribution in [-0.4, -0.2) is 40.1 Å². The third kappa shape index (κ3) is 3.87. The normalized spacial score (nSPS) is 15.3. The molecule has 1 aromatic carbocycles. The summed E-state index contributed by atoms with van der Waals surface area (Å²) in [7, 11) is 0. The molecule has 0 atom stereocenters. The average molecular weight is 315 g/mol. The average Bonchev–Trinajstić information content (AvgIpc) is 3.10. The Bertz CT molecular complexity index is 650. The number of aryl methyl sites for hydroxylation is 1. The highest BCUT2D eigenvalue weighted by molar-refractivity contribution is 5.90. The van der Waals surface area contributed by atoms with E-state index in [0.717, 1.165) is 36.2 Å². The molecular formula is C16H21N5O2. The molecule has 7 heteroatoms. The van der Waals surface area contributed by atoms with E-state index < -0.39 is 0 Å². The number of aromatic nitrogens is 3. The van der Waals surface area contributed by atoms with Crippen LogP contribution in [0.5, 0.6) is 0 Å². The Kier molecular flexibility index (Phi) is 4.87. The van der Waals surface area contributed by atoms with E-state index in [1.54, 1.807) is 17.2 Å². The van der Waals surface area contributed by atoms with Crippen molar-refractivity contribution >= 4 is 11.7 Å². The van der Waals surface area contributed by atoms with Crippen LogP contribution in [0.15, 0.2) is 30.9 Å². The fourth-order valence-corrected chi connectivity index (χ4v) is 2.67. The van der Waals surface area contributed by atoms with Crippen LogP contribution in [0.1, 0.15) is 25.3 Å². The van der Waals surface area contributed by atoms with E-state index in [4.69, 9.17) is 4.74 Å². The van der Waals surface area contributed by atoms with Gasteiger partial charge in [-0.3, -0.25) is 4.57 Å². The van der Waals surface area contributed by atoms with Crippen LogP contribution in [0.2, 0.25) is 0 Å². The lowest BCUT2D eigenvalue weighted by molar-refractivity contribution is 0.0806. The summed E-state index contributed by atoms with van der Waals surface area (Å²) in [6, 6.07) is 5.94. The van der Waals surface area contributed by atoms with Gasteiger partial charge in [-0.2, -0.15) is 0 Å². The van der Waals surface area contributed by atoms with E-state index in [9.17, 15) is 4.79 Å². The Balaban J connectivity index is 1.72. The molecule has 7 nitrogen and oxygen atoms in total. The maximum Gasteiger partial charge on any atom is 0.319 e. The Morgan fingerprint density at radius 2 is 2.04 bits per heavy atom. The fourth-order valence-electron chi connectivity index (χ4n) is 2.67. The van der Waals surface area contributed by atoms with Crippen LogP contribution in [0.3, 0.4) is 0 Å². The number of anilines is 1. The van der Waals surface area contributed by atoms with Crippen LogP contribution >= 0.6 is 0 Å². The van der Waals surface area contributed by atoms with Gasteiger partial charge in [0.25, 0.3) is 0 Å². The molecule has 0 aliphatic carbocycles. The molecule has 1 saturated heterocycles. The van der Waals surface area contributed by atoms with Crippen molar-refractivity contribution in [3.05, 3.63) is 36.4 Å². The number of amides is 2. The second-order valence-corrected chi connectivity index (χ2v) is 5.55. The van der Waals surface area contributed by atoms with Gasteiger partial charge < -0.3 is 15.4 Å². The summed E-state index contributed by atoms with van der Waals surface area (Å²) in [4.78, 5) is 12.3. The third-order valence-electron chi connectivity index (χ3n) is 4.00. The molecular weight excluding hydrogens is 294 g/mol. The summed E-state index contributed by atoms with van der Waals surface area (Å²) in [5.41, 5.74) is 2.81. The molecule has 2 heterocycles. The van der Waals surface area contributed by atoms with Crippen LogP contribution in [0.4, 0.5) is 10.5 Å². The lowest BCUT2D eigenvalue weighted by Gasteiger charge is -2.23. The van der Waals surface area contributed by atoms with E-state index >= 15 is 0 Å². The highest BCUT2D eigenvalue weighted by Crippen LogP contribution is 2.21. The molecule has 3 rings (SSSR count). The zero-order valence-electron chi connectivity index (χ0n) is 13.2. The first kappa shape index (κ1) is 15.5. The van der Waals surface area contributed by atoms with Crippen molar-refractivity contribution in [3.8, 4) is 5.69 Å². The van der Waals surface area contributed by atoms with Gasteiger partial charge in [-0.25, -0.2) is 4.79 Å². The minimum Gasteiger partial charge on any atom is -0.381 e. The van der Waals surface area contributed by atoms with E-state index in [0.29, 0.717) is 13.2 Å². The van der Waals surface area contributed by atoms with Gasteiger partial charge in [0.2, 0.25) is 0 Å². The fraction of sp³-hybridized carbons (Fsp3) is 0.438. The predicted octanol–water partition coefficient (Wildman–Crippen LogP) is 2.13. The lowest BCUT2D eigenvalue weighted by Crippen LogP contribution is -2.41. The maximum absolute atomic E-state index is 12.3. The summed E-state index contributed by atoms with van der Waals surface area (Å²) in [6.07, 6.45) is 5.82. The Hall–Kier alpha value is -2.41. The number of rotatable bonds is 4. The van der Waals surface area contributed by atoms with E-state index in [1.807, 2.05) is 18.2 Å². The van der Waals surface area contributed by atoms with Gasteiger partial charge in [0, 0.05) is 24.9 Å². The lowest BCUT2D eigenvalue weighted by atomic mass is 10.1. The molecule has 2 N–H and O–H groups in total. The summed E-state index contributed by atoms with van der Waals surface area (Å²) in [6.45, 7) is 3.47. The first-order valence-corrected chi connectivity index (χ1v) is 7.89. The number of hydrogen-bond donors (Lipinski definition) is 2. The molecule has 1 fully saturated rings. The number of carbonyl (C=O) groups is 1. The van der Waals surface area contributed by atoms with Gasteiger partial charge in [0.15, 0.2) is 0 Å². The van der Waals surface area contributed by atoms with Gasteiger partial charge in [-0.15, -0.1) is 10.2 Å². The standard InChI is InChI=1S/C16H21N5O2/c1-2-12-3-4-14(21-10-17-18-11-21)9-15(12)20-16(22)19-13-5-7-23-8-6-13/h3-4,9-11,13H,2,5-8H2,1H3,(H2,19,20,22). The zero-order valence-corrected chi connectivity index (χ0v) is 13.2. The predicted molar refractivity (Wildman–Crippen MR) is 86.7 cm³/mol.